The molecule has 0 bridgehead atoms. The largest absolute Gasteiger partial charge is 0.433 e. The zero-order chi connectivity index (χ0) is 44.3. The summed E-state index contributed by atoms with van der Waals surface area (Å²) in [4.78, 5) is 33.7. The van der Waals surface area contributed by atoms with E-state index >= 15 is 0 Å². The molecule has 3 N–H and O–H groups in total. The van der Waals surface area contributed by atoms with Gasteiger partial charge in [-0.05, 0) is 82.9 Å². The van der Waals surface area contributed by atoms with E-state index in [1.807, 2.05) is 30.1 Å². The summed E-state index contributed by atoms with van der Waals surface area (Å²) in [5, 5.41) is 10.4. The number of para-hydroxylation sites is 1. The summed E-state index contributed by atoms with van der Waals surface area (Å²) in [6.45, 7) is 0.996. The van der Waals surface area contributed by atoms with Crippen LogP contribution in [-0.4, -0.2) is 28.8 Å². The fourth-order valence-electron chi connectivity index (χ4n) is 5.55. The maximum Gasteiger partial charge on any atom is 0.433 e. The molecule has 18 heteroatoms. The number of nitrogens with zero attached hydrogens (tertiary/aromatic N) is 3. The van der Waals surface area contributed by atoms with Gasteiger partial charge in [0.1, 0.15) is 11.4 Å². The van der Waals surface area contributed by atoms with Crippen LogP contribution in [0.1, 0.15) is 54.4 Å². The van der Waals surface area contributed by atoms with E-state index in [1.165, 1.54) is 12.1 Å². The first-order chi connectivity index (χ1) is 28.9. The summed E-state index contributed by atoms with van der Waals surface area (Å²) < 4.78 is 75.4. The number of hydrogen-bond acceptors (Lipinski definition) is 6. The van der Waals surface area contributed by atoms with Crippen LogP contribution in [0.3, 0.4) is 0 Å². The third-order valence-corrected chi connectivity index (χ3v) is 10.5. The summed E-state index contributed by atoms with van der Waals surface area (Å²) in [5.74, 6) is -0.720. The molecule has 0 saturated carbocycles. The zero-order valence-corrected chi connectivity index (χ0v) is 34.8. The molecule has 61 heavy (non-hydrogen) atoms. The van der Waals surface area contributed by atoms with Gasteiger partial charge in [-0.25, -0.2) is 0 Å². The summed E-state index contributed by atoms with van der Waals surface area (Å²) in [7, 11) is 1.89. The highest BCUT2D eigenvalue weighted by atomic mass is 35.5. The van der Waals surface area contributed by atoms with Crippen molar-refractivity contribution >= 4 is 69.6 Å². The van der Waals surface area contributed by atoms with Gasteiger partial charge in [0.2, 0.25) is 0 Å². The Morgan fingerprint density at radius 2 is 1.10 bits per heavy atom. The van der Waals surface area contributed by atoms with E-state index < -0.39 is 23.7 Å². The van der Waals surface area contributed by atoms with Crippen molar-refractivity contribution in [2.75, 3.05) is 17.3 Å². The van der Waals surface area contributed by atoms with E-state index in [2.05, 4.69) is 25.9 Å². The smallest absolute Gasteiger partial charge is 0.380 e. The van der Waals surface area contributed by atoms with Gasteiger partial charge in [-0.1, -0.05) is 94.9 Å². The molecular formula is C43H34Cl4F6N6O2. The topological polar surface area (TPSA) is 99.2 Å². The van der Waals surface area contributed by atoms with Crippen LogP contribution in [0.15, 0.2) is 122 Å². The molecule has 2 aromatic heterocycles. The lowest BCUT2D eigenvalue weighted by Crippen LogP contribution is -2.24. The van der Waals surface area contributed by atoms with Crippen molar-refractivity contribution in [1.29, 1.82) is 0 Å². The van der Waals surface area contributed by atoms with Gasteiger partial charge in [-0.15, -0.1) is 0 Å². The standard InChI is InChI=1S/C22H18Cl2F3N3O.C21H16Cl2F3N3O/c1-30(13-16-3-2-4-18(23)20(16)24)17-8-6-15(7-9-17)21(31)29-12-14-5-10-19(28-11-14)22(25,26)27;22-16-6-3-4-14(19(16)23)12-27-17-7-2-1-5-15(17)20(30)29-11-13-8-9-18(28-10-13)21(24,25)26/h2-11H,12-13H2,1H3,(H,29,31);1-10,27H,11-12H2,(H,29,30). The molecule has 0 atom stereocenters. The van der Waals surface area contributed by atoms with E-state index in [-0.39, 0.29) is 24.9 Å². The molecule has 0 radical (unpaired) electrons. The number of carbonyl (C=O) groups is 2. The average Bonchev–Trinajstić information content (AvgIpc) is 3.24. The minimum Gasteiger partial charge on any atom is -0.380 e. The maximum absolute atomic E-state index is 12.6. The molecule has 2 amide bonds. The summed E-state index contributed by atoms with van der Waals surface area (Å²) in [6, 6.07) is 28.9. The summed E-state index contributed by atoms with van der Waals surface area (Å²) >= 11 is 24.5. The first-order valence-electron chi connectivity index (χ1n) is 18.0. The Bertz CT molecular complexity index is 2440. The van der Waals surface area contributed by atoms with Gasteiger partial charge < -0.3 is 20.9 Å². The molecule has 8 nitrogen and oxygen atoms in total. The van der Waals surface area contributed by atoms with Crippen LogP contribution >= 0.6 is 46.4 Å². The van der Waals surface area contributed by atoms with Crippen molar-refractivity contribution < 1.29 is 35.9 Å². The minimum absolute atomic E-state index is 0.0401. The summed E-state index contributed by atoms with van der Waals surface area (Å²) in [5.41, 5.74) is 2.89. The number of carbonyl (C=O) groups excluding carboxylic acids is 2. The van der Waals surface area contributed by atoms with E-state index in [4.69, 9.17) is 46.4 Å². The first-order valence-corrected chi connectivity index (χ1v) is 19.5. The fourth-order valence-corrected chi connectivity index (χ4v) is 6.32. The van der Waals surface area contributed by atoms with Crippen LogP contribution in [-0.2, 0) is 38.5 Å². The first kappa shape index (κ1) is 46.5. The Balaban J connectivity index is 0.000000231. The quantitative estimate of drug-likeness (QED) is 0.106. The third kappa shape index (κ3) is 13.2. The molecule has 6 aromatic rings. The number of pyridine rings is 2. The van der Waals surface area contributed by atoms with E-state index in [0.717, 1.165) is 41.3 Å². The average molecular weight is 923 g/mol. The molecule has 0 aliphatic rings. The van der Waals surface area contributed by atoms with Gasteiger partial charge in [0.05, 0.1) is 25.7 Å². The SMILES string of the molecule is CN(Cc1cccc(Cl)c1Cl)c1ccc(C(=O)NCc2ccc(C(F)(F)F)nc2)cc1.O=C(NCc1ccc(C(F)(F)F)nc1)c1ccccc1NCc1cccc(Cl)c1Cl. The molecule has 6 rings (SSSR count). The van der Waals surface area contributed by atoms with Crippen LogP contribution in [0.4, 0.5) is 37.7 Å². The molecule has 0 aliphatic carbocycles. The van der Waals surface area contributed by atoms with Gasteiger partial charge >= 0.3 is 12.4 Å². The Hall–Kier alpha value is -5.54. The van der Waals surface area contributed by atoms with Crippen LogP contribution in [0.25, 0.3) is 0 Å². The number of aromatic nitrogens is 2. The molecule has 4 aromatic carbocycles. The minimum atomic E-state index is -4.50. The number of halogens is 10. The molecule has 0 aliphatic heterocycles. The van der Waals surface area contributed by atoms with Gasteiger partial charge in [-0.3, -0.25) is 19.6 Å². The molecule has 0 spiro atoms. The third-order valence-electron chi connectivity index (χ3n) is 8.82. The summed E-state index contributed by atoms with van der Waals surface area (Å²) in [6.07, 6.45) is -6.80. The van der Waals surface area contributed by atoms with Crippen molar-refractivity contribution in [2.45, 2.75) is 38.5 Å². The number of anilines is 2. The van der Waals surface area contributed by atoms with Crippen molar-refractivity contribution in [2.24, 2.45) is 0 Å². The van der Waals surface area contributed by atoms with Crippen LogP contribution in [0.2, 0.25) is 20.1 Å². The second-order valence-electron chi connectivity index (χ2n) is 13.2. The Labute approximate surface area is 366 Å². The van der Waals surface area contributed by atoms with E-state index in [9.17, 15) is 35.9 Å². The van der Waals surface area contributed by atoms with Gasteiger partial charge in [0, 0.05) is 62.6 Å². The van der Waals surface area contributed by atoms with Crippen LogP contribution < -0.4 is 20.9 Å². The van der Waals surface area contributed by atoms with Crippen molar-refractivity contribution in [3.05, 3.63) is 186 Å². The highest BCUT2D eigenvalue weighted by Gasteiger charge is 2.32. The fraction of sp³-hybridized carbons (Fsp3) is 0.163. The molecule has 0 fully saturated rings. The number of amides is 2. The Kier molecular flexibility index (Phi) is 15.9. The van der Waals surface area contributed by atoms with Crippen LogP contribution in [0.5, 0.6) is 0 Å². The predicted molar refractivity (Wildman–Crippen MR) is 226 cm³/mol. The lowest BCUT2D eigenvalue weighted by atomic mass is 10.1. The second kappa shape index (κ2) is 20.8. The van der Waals surface area contributed by atoms with Gasteiger partial charge in [0.15, 0.2) is 0 Å². The van der Waals surface area contributed by atoms with Gasteiger partial charge in [0.25, 0.3) is 11.8 Å². The zero-order valence-electron chi connectivity index (χ0n) is 31.8. The van der Waals surface area contributed by atoms with Crippen LogP contribution in [0, 0.1) is 0 Å². The normalized spacial score (nSPS) is 11.3. The number of nitrogens with one attached hydrogen (secondary N) is 3. The highest BCUT2D eigenvalue weighted by molar-refractivity contribution is 6.43. The van der Waals surface area contributed by atoms with Crippen molar-refractivity contribution in [3.8, 4) is 0 Å². The van der Waals surface area contributed by atoms with E-state index in [0.29, 0.717) is 61.1 Å². The highest BCUT2D eigenvalue weighted by Crippen LogP contribution is 2.30. The van der Waals surface area contributed by atoms with E-state index in [1.54, 1.807) is 66.7 Å². The second-order valence-corrected chi connectivity index (χ2v) is 14.8. The Morgan fingerprint density at radius 3 is 1.62 bits per heavy atom. The Morgan fingerprint density at radius 1 is 0.590 bits per heavy atom. The predicted octanol–water partition coefficient (Wildman–Crippen LogP) is 11.9. The maximum atomic E-state index is 12.6. The van der Waals surface area contributed by atoms with Crippen molar-refractivity contribution in [3.63, 3.8) is 0 Å². The number of rotatable bonds is 12. The molecular weight excluding hydrogens is 888 g/mol. The lowest BCUT2D eigenvalue weighted by molar-refractivity contribution is -0.142. The molecule has 0 unspecified atom stereocenters. The number of alkyl halides is 6. The van der Waals surface area contributed by atoms with Gasteiger partial charge in [-0.2, -0.15) is 26.3 Å². The van der Waals surface area contributed by atoms with Crippen molar-refractivity contribution in [1.82, 2.24) is 20.6 Å². The number of hydrogen-bond donors (Lipinski definition) is 3. The number of benzene rings is 4. The monoisotopic (exact) mass is 920 g/mol. The molecule has 318 valence electrons. The molecule has 0 saturated heterocycles. The lowest BCUT2D eigenvalue weighted by Gasteiger charge is -2.20. The molecule has 2 heterocycles.